The molecule has 112 valence electrons. The number of methoxy groups -OCH3 is 1. The summed E-state index contributed by atoms with van der Waals surface area (Å²) in [4.78, 5) is 0. The first-order valence-corrected chi connectivity index (χ1v) is 8.01. The van der Waals surface area contributed by atoms with E-state index in [9.17, 15) is 0 Å². The molecule has 0 heterocycles. The Morgan fingerprint density at radius 1 is 1.20 bits per heavy atom. The zero-order chi connectivity index (χ0) is 14.5. The first kappa shape index (κ1) is 15.4. The molecule has 1 aromatic carbocycles. The lowest BCUT2D eigenvalue weighted by Gasteiger charge is -2.37. The van der Waals surface area contributed by atoms with Gasteiger partial charge in [-0.25, -0.2) is 0 Å². The molecule has 3 unspecified atom stereocenters. The van der Waals surface area contributed by atoms with E-state index >= 15 is 0 Å². The van der Waals surface area contributed by atoms with Gasteiger partial charge >= 0.3 is 0 Å². The molecule has 1 fully saturated rings. The minimum atomic E-state index is 0.459. The summed E-state index contributed by atoms with van der Waals surface area (Å²) in [7, 11) is 1.74. The van der Waals surface area contributed by atoms with Crippen LogP contribution in [-0.2, 0) is 0 Å². The number of hydrogen-bond donors (Lipinski definition) is 1. The van der Waals surface area contributed by atoms with Crippen LogP contribution in [0.25, 0.3) is 0 Å². The van der Waals surface area contributed by atoms with Crippen LogP contribution in [0.4, 0.5) is 0 Å². The number of rotatable bonds is 5. The van der Waals surface area contributed by atoms with E-state index in [2.05, 4.69) is 44.3 Å². The van der Waals surface area contributed by atoms with Crippen LogP contribution in [0.2, 0.25) is 0 Å². The molecule has 0 saturated heterocycles. The topological polar surface area (TPSA) is 21.3 Å². The molecule has 1 N–H and O–H groups in total. The molecule has 2 heteroatoms. The highest BCUT2D eigenvalue weighted by molar-refractivity contribution is 5.31. The highest BCUT2D eigenvalue weighted by Gasteiger charge is 2.30. The van der Waals surface area contributed by atoms with Crippen molar-refractivity contribution in [1.82, 2.24) is 5.32 Å². The largest absolute Gasteiger partial charge is 0.497 e. The van der Waals surface area contributed by atoms with E-state index in [-0.39, 0.29) is 0 Å². The van der Waals surface area contributed by atoms with Gasteiger partial charge in [0, 0.05) is 6.04 Å². The first-order chi connectivity index (χ1) is 9.63. The van der Waals surface area contributed by atoms with Crippen LogP contribution >= 0.6 is 0 Å². The van der Waals surface area contributed by atoms with E-state index in [1.54, 1.807) is 7.11 Å². The van der Waals surface area contributed by atoms with Gasteiger partial charge in [0.15, 0.2) is 0 Å². The highest BCUT2D eigenvalue weighted by atomic mass is 16.5. The van der Waals surface area contributed by atoms with Crippen molar-refractivity contribution in [2.75, 3.05) is 13.7 Å². The lowest BCUT2D eigenvalue weighted by molar-refractivity contribution is 0.177. The Balaban J connectivity index is 2.20. The number of benzene rings is 1. The van der Waals surface area contributed by atoms with Crippen molar-refractivity contribution in [3.8, 4) is 5.75 Å². The second-order valence-corrected chi connectivity index (χ2v) is 6.49. The van der Waals surface area contributed by atoms with E-state index < -0.39 is 0 Å². The van der Waals surface area contributed by atoms with Gasteiger partial charge in [-0.15, -0.1) is 0 Å². The van der Waals surface area contributed by atoms with Gasteiger partial charge in [-0.3, -0.25) is 0 Å². The molecule has 2 nitrogen and oxygen atoms in total. The van der Waals surface area contributed by atoms with E-state index in [0.29, 0.717) is 6.04 Å². The van der Waals surface area contributed by atoms with Crippen LogP contribution in [0, 0.1) is 17.8 Å². The maximum absolute atomic E-state index is 5.38. The van der Waals surface area contributed by atoms with Crippen LogP contribution in [0.1, 0.15) is 51.6 Å². The minimum absolute atomic E-state index is 0.459. The predicted octanol–water partition coefficient (Wildman–Crippen LogP) is 4.42. The molecule has 20 heavy (non-hydrogen) atoms. The lowest BCUT2D eigenvalue weighted by Crippen LogP contribution is -2.33. The SMILES string of the molecule is CCNC(c1cccc(OC)c1)C1CC(C)CC(C)C1. The average molecular weight is 275 g/mol. The Kier molecular flexibility index (Phi) is 5.47. The summed E-state index contributed by atoms with van der Waals surface area (Å²) in [6, 6.07) is 9.02. The summed E-state index contributed by atoms with van der Waals surface area (Å²) in [5.41, 5.74) is 1.37. The molecule has 1 aromatic rings. The molecule has 1 aliphatic carbocycles. The normalized spacial score (nSPS) is 28.1. The van der Waals surface area contributed by atoms with Crippen LogP contribution in [0.3, 0.4) is 0 Å². The summed E-state index contributed by atoms with van der Waals surface area (Å²) >= 11 is 0. The molecule has 3 atom stereocenters. The van der Waals surface area contributed by atoms with Gasteiger partial charge in [0.1, 0.15) is 5.75 Å². The number of hydrogen-bond acceptors (Lipinski definition) is 2. The van der Waals surface area contributed by atoms with Crippen molar-refractivity contribution in [2.45, 2.75) is 46.1 Å². The van der Waals surface area contributed by atoms with Crippen molar-refractivity contribution in [3.63, 3.8) is 0 Å². The van der Waals surface area contributed by atoms with Crippen molar-refractivity contribution >= 4 is 0 Å². The predicted molar refractivity (Wildman–Crippen MR) is 85.1 cm³/mol. The standard InChI is InChI=1S/C18H29NO/c1-5-19-18(15-7-6-8-17(12-15)20-4)16-10-13(2)9-14(3)11-16/h6-8,12-14,16,18-19H,5,9-11H2,1-4H3. The summed E-state index contributed by atoms with van der Waals surface area (Å²) in [5.74, 6) is 3.38. The van der Waals surface area contributed by atoms with Crippen LogP contribution in [0.15, 0.2) is 24.3 Å². The second-order valence-electron chi connectivity index (χ2n) is 6.49. The number of ether oxygens (including phenoxy) is 1. The molecule has 0 aromatic heterocycles. The van der Waals surface area contributed by atoms with E-state index in [1.807, 2.05) is 6.07 Å². The van der Waals surface area contributed by atoms with Crippen molar-refractivity contribution in [2.24, 2.45) is 17.8 Å². The molecular weight excluding hydrogens is 246 g/mol. The third kappa shape index (κ3) is 3.76. The van der Waals surface area contributed by atoms with Gasteiger partial charge in [-0.2, -0.15) is 0 Å². The molecule has 2 rings (SSSR count). The fourth-order valence-corrected chi connectivity index (χ4v) is 3.89. The Morgan fingerprint density at radius 2 is 1.90 bits per heavy atom. The van der Waals surface area contributed by atoms with Gasteiger partial charge in [0.05, 0.1) is 7.11 Å². The van der Waals surface area contributed by atoms with Crippen molar-refractivity contribution in [1.29, 1.82) is 0 Å². The highest BCUT2D eigenvalue weighted by Crippen LogP contribution is 2.40. The summed E-state index contributed by atoms with van der Waals surface area (Å²) < 4.78 is 5.38. The molecule has 1 aliphatic rings. The molecule has 0 aliphatic heterocycles. The van der Waals surface area contributed by atoms with Crippen LogP contribution in [-0.4, -0.2) is 13.7 Å². The molecule has 1 saturated carbocycles. The van der Waals surface area contributed by atoms with Gasteiger partial charge in [0.25, 0.3) is 0 Å². The third-order valence-corrected chi connectivity index (χ3v) is 4.56. The maximum Gasteiger partial charge on any atom is 0.119 e. The third-order valence-electron chi connectivity index (χ3n) is 4.56. The zero-order valence-electron chi connectivity index (χ0n) is 13.4. The van der Waals surface area contributed by atoms with Crippen molar-refractivity contribution < 1.29 is 4.74 Å². The minimum Gasteiger partial charge on any atom is -0.497 e. The Labute approximate surface area is 123 Å². The summed E-state index contributed by atoms with van der Waals surface area (Å²) in [5, 5.41) is 3.71. The fraction of sp³-hybridized carbons (Fsp3) is 0.667. The van der Waals surface area contributed by atoms with Gasteiger partial charge in [-0.1, -0.05) is 32.9 Å². The Bertz CT molecular complexity index is 408. The van der Waals surface area contributed by atoms with Gasteiger partial charge in [0.2, 0.25) is 0 Å². The van der Waals surface area contributed by atoms with E-state index in [1.165, 1.54) is 24.8 Å². The lowest BCUT2D eigenvalue weighted by atomic mass is 9.72. The maximum atomic E-state index is 5.38. The first-order valence-electron chi connectivity index (χ1n) is 8.01. The van der Waals surface area contributed by atoms with Gasteiger partial charge < -0.3 is 10.1 Å². The van der Waals surface area contributed by atoms with Crippen molar-refractivity contribution in [3.05, 3.63) is 29.8 Å². The smallest absolute Gasteiger partial charge is 0.119 e. The molecule has 0 amide bonds. The Morgan fingerprint density at radius 3 is 2.50 bits per heavy atom. The van der Waals surface area contributed by atoms with E-state index in [4.69, 9.17) is 4.74 Å². The summed E-state index contributed by atoms with van der Waals surface area (Å²) in [6.45, 7) is 8.01. The van der Waals surface area contributed by atoms with Crippen LogP contribution < -0.4 is 10.1 Å². The molecule has 0 bridgehead atoms. The quantitative estimate of drug-likeness (QED) is 0.859. The average Bonchev–Trinajstić information content (AvgIpc) is 2.43. The Hall–Kier alpha value is -1.02. The molecule has 0 spiro atoms. The van der Waals surface area contributed by atoms with E-state index in [0.717, 1.165) is 30.0 Å². The van der Waals surface area contributed by atoms with Crippen LogP contribution in [0.5, 0.6) is 5.75 Å². The number of nitrogens with one attached hydrogen (secondary N) is 1. The zero-order valence-corrected chi connectivity index (χ0v) is 13.4. The monoisotopic (exact) mass is 275 g/mol. The molecular formula is C18H29NO. The summed E-state index contributed by atoms with van der Waals surface area (Å²) in [6.07, 6.45) is 4.05. The molecule has 0 radical (unpaired) electrons. The van der Waals surface area contributed by atoms with Gasteiger partial charge in [-0.05, 0) is 61.3 Å². The second kappa shape index (κ2) is 7.12. The fourth-order valence-electron chi connectivity index (χ4n) is 3.89.